The van der Waals surface area contributed by atoms with Crippen molar-refractivity contribution in [1.29, 1.82) is 0 Å². The number of carbonyl (C=O) groups is 1. The molecule has 0 aromatic heterocycles. The summed E-state index contributed by atoms with van der Waals surface area (Å²) in [5.41, 5.74) is 0.660. The number of rotatable bonds is 9. The Morgan fingerprint density at radius 1 is 1.07 bits per heavy atom. The van der Waals surface area contributed by atoms with E-state index in [-0.39, 0.29) is 18.1 Å². The number of benzene rings is 2. The van der Waals surface area contributed by atoms with Gasteiger partial charge in [-0.05, 0) is 29.8 Å². The zero-order valence-electron chi connectivity index (χ0n) is 16.2. The minimum absolute atomic E-state index is 0.136. The number of carbonyl (C=O) groups excluding carboxylic acids is 1. The lowest BCUT2D eigenvalue weighted by Crippen LogP contribution is -2.43. The van der Waals surface area contributed by atoms with Gasteiger partial charge in [0.25, 0.3) is 0 Å². The van der Waals surface area contributed by atoms with E-state index in [1.807, 2.05) is 18.2 Å². The predicted octanol–water partition coefficient (Wildman–Crippen LogP) is 2.83. The van der Waals surface area contributed by atoms with Gasteiger partial charge in [0.15, 0.2) is 5.96 Å². The van der Waals surface area contributed by atoms with Crippen molar-refractivity contribution in [2.45, 2.75) is 23.5 Å². The number of thioether (sulfide) groups is 1. The highest BCUT2D eigenvalue weighted by atomic mass is 32.2. The van der Waals surface area contributed by atoms with Gasteiger partial charge in [0, 0.05) is 36.8 Å². The number of hydrogen-bond donors (Lipinski definition) is 3. The molecule has 28 heavy (non-hydrogen) atoms. The Morgan fingerprint density at radius 3 is 2.54 bits per heavy atom. The van der Waals surface area contributed by atoms with Gasteiger partial charge in [0.2, 0.25) is 5.91 Å². The van der Waals surface area contributed by atoms with Crippen molar-refractivity contribution in [3.63, 3.8) is 0 Å². The molecule has 0 saturated heterocycles. The summed E-state index contributed by atoms with van der Waals surface area (Å²) in [5, 5.41) is 9.66. The molecule has 0 aliphatic carbocycles. The third-order valence-electron chi connectivity index (χ3n) is 3.85. The van der Waals surface area contributed by atoms with Crippen LogP contribution in [0.5, 0.6) is 0 Å². The van der Waals surface area contributed by atoms with E-state index in [1.165, 1.54) is 17.0 Å². The first-order valence-corrected chi connectivity index (χ1v) is 10.1. The van der Waals surface area contributed by atoms with Gasteiger partial charge < -0.3 is 16.0 Å². The summed E-state index contributed by atoms with van der Waals surface area (Å²) < 4.78 is 13.1. The number of hydrogen-bond acceptors (Lipinski definition) is 3. The van der Waals surface area contributed by atoms with E-state index in [9.17, 15) is 9.18 Å². The van der Waals surface area contributed by atoms with Crippen LogP contribution in [0.25, 0.3) is 0 Å². The van der Waals surface area contributed by atoms with Crippen molar-refractivity contribution in [2.24, 2.45) is 4.99 Å². The molecule has 1 amide bonds. The third kappa shape index (κ3) is 8.43. The molecule has 7 heteroatoms. The van der Waals surface area contributed by atoms with Gasteiger partial charge in [-0.3, -0.25) is 9.79 Å². The maximum atomic E-state index is 13.1. The van der Waals surface area contributed by atoms with Crippen LogP contribution >= 0.6 is 11.8 Å². The van der Waals surface area contributed by atoms with E-state index < -0.39 is 0 Å². The summed E-state index contributed by atoms with van der Waals surface area (Å²) in [5.74, 6) is 0.226. The van der Waals surface area contributed by atoms with Crippen molar-refractivity contribution < 1.29 is 9.18 Å². The lowest BCUT2D eigenvalue weighted by atomic mass is 10.1. The largest absolute Gasteiger partial charge is 0.355 e. The van der Waals surface area contributed by atoms with E-state index in [1.54, 1.807) is 30.9 Å². The molecule has 0 radical (unpaired) electrons. The standard InChI is InChI=1S/C21H27FN4OS/c1-16(28-19-9-4-3-5-10-19)15-26-21(23-2)25-12-11-24-20(27)14-17-7-6-8-18(22)13-17/h3-10,13,16H,11-12,14-15H2,1-2H3,(H,24,27)(H2,23,25,26). The van der Waals surface area contributed by atoms with E-state index in [2.05, 4.69) is 40.0 Å². The second-order valence-electron chi connectivity index (χ2n) is 6.28. The van der Waals surface area contributed by atoms with Gasteiger partial charge in [-0.15, -0.1) is 11.8 Å². The van der Waals surface area contributed by atoms with Crippen LogP contribution in [0.1, 0.15) is 12.5 Å². The van der Waals surface area contributed by atoms with Gasteiger partial charge in [-0.1, -0.05) is 37.3 Å². The first kappa shape index (κ1) is 21.8. The average molecular weight is 403 g/mol. The third-order valence-corrected chi connectivity index (χ3v) is 4.97. The first-order chi connectivity index (χ1) is 13.6. The SMILES string of the molecule is CN=C(NCCNC(=O)Cc1cccc(F)c1)NCC(C)Sc1ccccc1. The normalized spacial score (nSPS) is 12.3. The van der Waals surface area contributed by atoms with Crippen LogP contribution in [-0.4, -0.2) is 43.8 Å². The molecule has 0 saturated carbocycles. The highest BCUT2D eigenvalue weighted by Crippen LogP contribution is 2.21. The van der Waals surface area contributed by atoms with E-state index in [4.69, 9.17) is 0 Å². The van der Waals surface area contributed by atoms with Crippen LogP contribution < -0.4 is 16.0 Å². The average Bonchev–Trinajstić information content (AvgIpc) is 2.68. The molecule has 150 valence electrons. The smallest absolute Gasteiger partial charge is 0.224 e. The Morgan fingerprint density at radius 2 is 1.82 bits per heavy atom. The molecule has 1 unspecified atom stereocenters. The second-order valence-corrected chi connectivity index (χ2v) is 7.79. The van der Waals surface area contributed by atoms with Crippen molar-refractivity contribution in [3.05, 3.63) is 66.0 Å². The molecular weight excluding hydrogens is 375 g/mol. The van der Waals surface area contributed by atoms with Gasteiger partial charge in [0.05, 0.1) is 6.42 Å². The van der Waals surface area contributed by atoms with Crippen molar-refractivity contribution in [2.75, 3.05) is 26.7 Å². The summed E-state index contributed by atoms with van der Waals surface area (Å²) in [4.78, 5) is 17.3. The number of aliphatic imine (C=N–C) groups is 1. The van der Waals surface area contributed by atoms with Crippen LogP contribution in [0.15, 0.2) is 64.5 Å². The van der Waals surface area contributed by atoms with Crippen LogP contribution in [-0.2, 0) is 11.2 Å². The molecule has 3 N–H and O–H groups in total. The molecule has 0 aliphatic rings. The molecule has 0 bridgehead atoms. The van der Waals surface area contributed by atoms with Gasteiger partial charge in [-0.2, -0.15) is 0 Å². The molecule has 2 aromatic carbocycles. The summed E-state index contributed by atoms with van der Waals surface area (Å²) in [6.07, 6.45) is 0.166. The molecule has 2 aromatic rings. The van der Waals surface area contributed by atoms with Crippen molar-refractivity contribution in [3.8, 4) is 0 Å². The lowest BCUT2D eigenvalue weighted by molar-refractivity contribution is -0.120. The highest BCUT2D eigenvalue weighted by Gasteiger charge is 2.07. The van der Waals surface area contributed by atoms with E-state index in [0.29, 0.717) is 29.9 Å². The van der Waals surface area contributed by atoms with E-state index in [0.717, 1.165) is 6.54 Å². The van der Waals surface area contributed by atoms with Crippen LogP contribution in [0.3, 0.4) is 0 Å². The zero-order chi connectivity index (χ0) is 20.2. The molecule has 2 rings (SSSR count). The van der Waals surface area contributed by atoms with Crippen LogP contribution in [0.4, 0.5) is 4.39 Å². The molecule has 0 aliphatic heterocycles. The van der Waals surface area contributed by atoms with Crippen molar-refractivity contribution in [1.82, 2.24) is 16.0 Å². The fourth-order valence-electron chi connectivity index (χ4n) is 2.51. The minimum Gasteiger partial charge on any atom is -0.355 e. The fourth-order valence-corrected chi connectivity index (χ4v) is 3.46. The zero-order valence-corrected chi connectivity index (χ0v) is 17.1. The fraction of sp³-hybridized carbons (Fsp3) is 0.333. The predicted molar refractivity (Wildman–Crippen MR) is 114 cm³/mol. The molecule has 0 fully saturated rings. The molecule has 5 nitrogen and oxygen atoms in total. The quantitative estimate of drug-likeness (QED) is 0.261. The lowest BCUT2D eigenvalue weighted by Gasteiger charge is -2.16. The monoisotopic (exact) mass is 402 g/mol. The number of nitrogens with zero attached hydrogens (tertiary/aromatic N) is 1. The molecule has 1 atom stereocenters. The minimum atomic E-state index is -0.332. The Kier molecular flexibility index (Phi) is 9.34. The van der Waals surface area contributed by atoms with Crippen LogP contribution in [0.2, 0.25) is 0 Å². The van der Waals surface area contributed by atoms with E-state index >= 15 is 0 Å². The maximum absolute atomic E-state index is 13.1. The van der Waals surface area contributed by atoms with Crippen LogP contribution in [0, 0.1) is 5.82 Å². The highest BCUT2D eigenvalue weighted by molar-refractivity contribution is 8.00. The second kappa shape index (κ2) is 12.0. The number of halogens is 1. The number of amides is 1. The Labute approximate surface area is 170 Å². The topological polar surface area (TPSA) is 65.5 Å². The van der Waals surface area contributed by atoms with Gasteiger partial charge in [-0.25, -0.2) is 4.39 Å². The Balaban J connectivity index is 1.62. The Bertz CT molecular complexity index is 770. The molecular formula is C21H27FN4OS. The Hall–Kier alpha value is -2.54. The summed E-state index contributed by atoms with van der Waals surface area (Å²) in [6.45, 7) is 3.94. The summed E-state index contributed by atoms with van der Waals surface area (Å²) >= 11 is 1.80. The van der Waals surface area contributed by atoms with Crippen molar-refractivity contribution >= 4 is 23.6 Å². The summed E-state index contributed by atoms with van der Waals surface area (Å²) in [7, 11) is 1.72. The number of guanidine groups is 1. The first-order valence-electron chi connectivity index (χ1n) is 9.24. The maximum Gasteiger partial charge on any atom is 0.224 e. The van der Waals surface area contributed by atoms with Gasteiger partial charge >= 0.3 is 0 Å². The molecule has 0 spiro atoms. The molecule has 0 heterocycles. The number of nitrogens with one attached hydrogen (secondary N) is 3. The summed E-state index contributed by atoms with van der Waals surface area (Å²) in [6, 6.07) is 16.4. The van der Waals surface area contributed by atoms with Gasteiger partial charge in [0.1, 0.15) is 5.82 Å².